The monoisotopic (exact) mass is 331 g/mol. The smallest absolute Gasteiger partial charge is 0.335 e. The van der Waals surface area contributed by atoms with Gasteiger partial charge >= 0.3 is 5.97 Å². The summed E-state index contributed by atoms with van der Waals surface area (Å²) >= 11 is 7.23. The van der Waals surface area contributed by atoms with E-state index in [1.165, 1.54) is 23.9 Å². The molecule has 1 aliphatic heterocycles. The van der Waals surface area contributed by atoms with Crippen LogP contribution in [0.1, 0.15) is 15.9 Å². The molecule has 22 heavy (non-hydrogen) atoms. The number of carbonyl (C=O) groups excluding carboxylic acids is 1. The SMILES string of the molecule is O=C1Nc2cc(C(=O)O)ccc2SC1=Cc1cccc(Cl)c1. The molecular formula is C16H10ClNO3S. The minimum absolute atomic E-state index is 0.141. The first-order chi connectivity index (χ1) is 10.5. The zero-order valence-electron chi connectivity index (χ0n) is 11.2. The van der Waals surface area contributed by atoms with Gasteiger partial charge in [-0.3, -0.25) is 4.79 Å². The Balaban J connectivity index is 1.95. The number of anilines is 1. The molecule has 0 bridgehead atoms. The number of nitrogens with one attached hydrogen (secondary N) is 1. The van der Waals surface area contributed by atoms with Crippen molar-refractivity contribution in [1.82, 2.24) is 0 Å². The van der Waals surface area contributed by atoms with Crippen LogP contribution in [-0.2, 0) is 4.79 Å². The average molecular weight is 332 g/mol. The van der Waals surface area contributed by atoms with E-state index in [2.05, 4.69) is 5.32 Å². The number of aromatic carboxylic acids is 1. The Kier molecular flexibility index (Phi) is 3.92. The molecule has 1 amide bonds. The second-order valence-electron chi connectivity index (χ2n) is 4.64. The van der Waals surface area contributed by atoms with Crippen molar-refractivity contribution in [1.29, 1.82) is 0 Å². The molecule has 0 atom stereocenters. The van der Waals surface area contributed by atoms with Crippen LogP contribution in [0.2, 0.25) is 5.02 Å². The predicted octanol–water partition coefficient (Wildman–Crippen LogP) is 4.12. The standard InChI is InChI=1S/C16H10ClNO3S/c17-11-3-1-2-9(6-11)7-14-15(19)18-12-8-10(16(20)21)4-5-13(12)22-14/h1-8H,(H,18,19)(H,20,21). The Morgan fingerprint density at radius 3 is 2.77 bits per heavy atom. The van der Waals surface area contributed by atoms with Gasteiger partial charge in [-0.1, -0.05) is 35.5 Å². The van der Waals surface area contributed by atoms with Gasteiger partial charge in [-0.15, -0.1) is 0 Å². The zero-order valence-corrected chi connectivity index (χ0v) is 12.7. The van der Waals surface area contributed by atoms with E-state index in [1.807, 2.05) is 12.1 Å². The molecule has 1 heterocycles. The summed E-state index contributed by atoms with van der Waals surface area (Å²) in [5.74, 6) is -1.29. The van der Waals surface area contributed by atoms with Gasteiger partial charge in [0.15, 0.2) is 0 Å². The van der Waals surface area contributed by atoms with Crippen LogP contribution in [0.15, 0.2) is 52.3 Å². The summed E-state index contributed by atoms with van der Waals surface area (Å²) in [6.07, 6.45) is 1.75. The van der Waals surface area contributed by atoms with Gasteiger partial charge in [-0.2, -0.15) is 0 Å². The Morgan fingerprint density at radius 2 is 2.05 bits per heavy atom. The van der Waals surface area contributed by atoms with Gasteiger partial charge in [0.25, 0.3) is 5.91 Å². The maximum atomic E-state index is 12.1. The second kappa shape index (κ2) is 5.87. The molecule has 2 aromatic rings. The van der Waals surface area contributed by atoms with E-state index in [4.69, 9.17) is 16.7 Å². The van der Waals surface area contributed by atoms with E-state index in [0.717, 1.165) is 10.5 Å². The third-order valence-corrected chi connectivity index (χ3v) is 4.40. The number of carboxylic acids is 1. The first-order valence-corrected chi connectivity index (χ1v) is 7.56. The van der Waals surface area contributed by atoms with Crippen LogP contribution in [0.3, 0.4) is 0 Å². The van der Waals surface area contributed by atoms with Crippen LogP contribution in [0.4, 0.5) is 5.69 Å². The Morgan fingerprint density at radius 1 is 1.23 bits per heavy atom. The second-order valence-corrected chi connectivity index (χ2v) is 6.16. The lowest BCUT2D eigenvalue weighted by atomic mass is 10.2. The molecule has 0 saturated heterocycles. The fourth-order valence-electron chi connectivity index (χ4n) is 2.04. The van der Waals surface area contributed by atoms with Gasteiger partial charge < -0.3 is 10.4 Å². The summed E-state index contributed by atoms with van der Waals surface area (Å²) in [5, 5.41) is 12.3. The van der Waals surface area contributed by atoms with E-state index in [0.29, 0.717) is 15.6 Å². The topological polar surface area (TPSA) is 66.4 Å². The summed E-state index contributed by atoms with van der Waals surface area (Å²) in [5.41, 5.74) is 1.48. The molecule has 2 aromatic carbocycles. The van der Waals surface area contributed by atoms with Crippen LogP contribution in [-0.4, -0.2) is 17.0 Å². The first-order valence-electron chi connectivity index (χ1n) is 6.37. The minimum Gasteiger partial charge on any atom is -0.478 e. The third-order valence-electron chi connectivity index (χ3n) is 3.06. The molecule has 1 aliphatic rings. The fourth-order valence-corrected chi connectivity index (χ4v) is 3.17. The third kappa shape index (κ3) is 3.00. The number of carboxylic acid groups (broad SMARTS) is 1. The Hall–Kier alpha value is -2.24. The molecule has 0 aliphatic carbocycles. The van der Waals surface area contributed by atoms with Gasteiger partial charge in [-0.25, -0.2) is 4.79 Å². The molecule has 110 valence electrons. The quantitative estimate of drug-likeness (QED) is 0.812. The summed E-state index contributed by atoms with van der Waals surface area (Å²) in [4.78, 5) is 24.4. The largest absolute Gasteiger partial charge is 0.478 e. The van der Waals surface area contributed by atoms with E-state index >= 15 is 0 Å². The molecular weight excluding hydrogens is 322 g/mol. The number of thioether (sulfide) groups is 1. The van der Waals surface area contributed by atoms with E-state index in [9.17, 15) is 9.59 Å². The highest BCUT2D eigenvalue weighted by molar-refractivity contribution is 8.04. The van der Waals surface area contributed by atoms with Crippen LogP contribution < -0.4 is 5.32 Å². The van der Waals surface area contributed by atoms with Crippen molar-refractivity contribution in [3.05, 3.63) is 63.5 Å². The summed E-state index contributed by atoms with van der Waals surface area (Å²) in [6.45, 7) is 0. The Bertz CT molecular complexity index is 817. The number of hydrogen-bond acceptors (Lipinski definition) is 3. The molecule has 2 N–H and O–H groups in total. The summed E-state index contributed by atoms with van der Waals surface area (Å²) < 4.78 is 0. The van der Waals surface area contributed by atoms with Crippen molar-refractivity contribution < 1.29 is 14.7 Å². The summed E-state index contributed by atoms with van der Waals surface area (Å²) in [7, 11) is 0. The summed E-state index contributed by atoms with van der Waals surface area (Å²) in [6, 6.07) is 11.9. The molecule has 0 spiro atoms. The maximum Gasteiger partial charge on any atom is 0.335 e. The van der Waals surface area contributed by atoms with Crippen molar-refractivity contribution in [2.75, 3.05) is 5.32 Å². The highest BCUT2D eigenvalue weighted by atomic mass is 35.5. The minimum atomic E-state index is -1.03. The predicted molar refractivity (Wildman–Crippen MR) is 87.3 cm³/mol. The molecule has 0 aromatic heterocycles. The highest BCUT2D eigenvalue weighted by Gasteiger charge is 2.22. The maximum absolute atomic E-state index is 12.1. The lowest BCUT2D eigenvalue weighted by Crippen LogP contribution is -2.17. The van der Waals surface area contributed by atoms with Crippen LogP contribution >= 0.6 is 23.4 Å². The van der Waals surface area contributed by atoms with Crippen molar-refractivity contribution in [3.8, 4) is 0 Å². The number of benzene rings is 2. The van der Waals surface area contributed by atoms with Crippen molar-refractivity contribution in [3.63, 3.8) is 0 Å². The lowest BCUT2D eigenvalue weighted by Gasteiger charge is -2.19. The molecule has 0 saturated carbocycles. The molecule has 0 radical (unpaired) electrons. The molecule has 4 nitrogen and oxygen atoms in total. The number of carbonyl (C=O) groups is 2. The molecule has 6 heteroatoms. The number of amides is 1. The van der Waals surface area contributed by atoms with Gasteiger partial charge in [0.05, 0.1) is 16.2 Å². The van der Waals surface area contributed by atoms with Crippen molar-refractivity contribution in [2.24, 2.45) is 0 Å². The normalized spacial score (nSPS) is 15.3. The van der Waals surface area contributed by atoms with Crippen LogP contribution in [0.25, 0.3) is 6.08 Å². The first kappa shape index (κ1) is 14.7. The van der Waals surface area contributed by atoms with Crippen molar-refractivity contribution >= 4 is 47.0 Å². The highest BCUT2D eigenvalue weighted by Crippen LogP contribution is 2.39. The van der Waals surface area contributed by atoms with Gasteiger partial charge in [0.1, 0.15) is 0 Å². The number of hydrogen-bond donors (Lipinski definition) is 2. The molecule has 0 unspecified atom stereocenters. The van der Waals surface area contributed by atoms with E-state index in [-0.39, 0.29) is 11.5 Å². The van der Waals surface area contributed by atoms with Crippen LogP contribution in [0.5, 0.6) is 0 Å². The van der Waals surface area contributed by atoms with E-state index in [1.54, 1.807) is 24.3 Å². The van der Waals surface area contributed by atoms with Crippen molar-refractivity contribution in [2.45, 2.75) is 4.90 Å². The van der Waals surface area contributed by atoms with E-state index < -0.39 is 5.97 Å². The fraction of sp³-hybridized carbons (Fsp3) is 0. The van der Waals surface area contributed by atoms with Crippen LogP contribution in [0, 0.1) is 0 Å². The number of rotatable bonds is 2. The molecule has 3 rings (SSSR count). The number of fused-ring (bicyclic) bond motifs is 1. The lowest BCUT2D eigenvalue weighted by molar-refractivity contribution is -0.112. The van der Waals surface area contributed by atoms with Gasteiger partial charge in [0.2, 0.25) is 0 Å². The average Bonchev–Trinajstić information content (AvgIpc) is 2.47. The van der Waals surface area contributed by atoms with Gasteiger partial charge in [0, 0.05) is 9.92 Å². The zero-order chi connectivity index (χ0) is 15.7. The van der Waals surface area contributed by atoms with Gasteiger partial charge in [-0.05, 0) is 42.0 Å². The number of halogens is 1. The Labute approximate surface area is 135 Å². The molecule has 0 fully saturated rings.